The highest BCUT2D eigenvalue weighted by atomic mass is 16.5. The predicted molar refractivity (Wildman–Crippen MR) is 86.6 cm³/mol. The van der Waals surface area contributed by atoms with Crippen molar-refractivity contribution >= 4 is 0 Å². The molecule has 0 aliphatic carbocycles. The molecule has 107 valence electrons. The van der Waals surface area contributed by atoms with Crippen molar-refractivity contribution in [2.45, 2.75) is 6.42 Å². The van der Waals surface area contributed by atoms with E-state index < -0.39 is 0 Å². The van der Waals surface area contributed by atoms with E-state index in [4.69, 9.17) is 9.47 Å². The van der Waals surface area contributed by atoms with Gasteiger partial charge < -0.3 is 9.47 Å². The van der Waals surface area contributed by atoms with Gasteiger partial charge in [-0.15, -0.1) is 0 Å². The summed E-state index contributed by atoms with van der Waals surface area (Å²) in [6.07, 6.45) is 0.842. The van der Waals surface area contributed by atoms with E-state index in [0.29, 0.717) is 0 Å². The molecule has 0 saturated heterocycles. The standard InChI is InChI=1S/C20H15O2/c1-21-20-9-5-3-7-17(20)14-10-11-19-16(12-14)13-15-6-2-4-8-18(15)22-19/h2-11H,13H2,1H3. The Labute approximate surface area is 129 Å². The third-order valence-electron chi connectivity index (χ3n) is 3.94. The van der Waals surface area contributed by atoms with Gasteiger partial charge in [0.05, 0.1) is 7.11 Å². The molecule has 0 N–H and O–H groups in total. The first kappa shape index (κ1) is 13.0. The smallest absolute Gasteiger partial charge is 0.131 e. The molecule has 22 heavy (non-hydrogen) atoms. The van der Waals surface area contributed by atoms with Crippen LogP contribution in [0.2, 0.25) is 0 Å². The second kappa shape index (κ2) is 5.23. The van der Waals surface area contributed by atoms with E-state index in [0.717, 1.165) is 40.4 Å². The average molecular weight is 287 g/mol. The SMILES string of the molecule is COc1ccccc1-c1[c]c2c(cc1)Oc1ccccc1C2. The second-order valence-electron chi connectivity index (χ2n) is 5.30. The molecule has 1 heterocycles. The minimum absolute atomic E-state index is 0.842. The zero-order chi connectivity index (χ0) is 14.9. The quantitative estimate of drug-likeness (QED) is 0.524. The van der Waals surface area contributed by atoms with E-state index in [1.54, 1.807) is 7.11 Å². The molecule has 3 aromatic carbocycles. The minimum atomic E-state index is 0.842. The number of benzene rings is 3. The van der Waals surface area contributed by atoms with Crippen molar-refractivity contribution in [3.05, 3.63) is 77.9 Å². The molecule has 1 aliphatic rings. The van der Waals surface area contributed by atoms with Gasteiger partial charge in [-0.25, -0.2) is 0 Å². The summed E-state index contributed by atoms with van der Waals surface area (Å²) in [5.41, 5.74) is 4.36. The van der Waals surface area contributed by atoms with Crippen LogP contribution in [0.4, 0.5) is 0 Å². The third-order valence-corrected chi connectivity index (χ3v) is 3.94. The van der Waals surface area contributed by atoms with E-state index in [2.05, 4.69) is 18.2 Å². The number of ether oxygens (including phenoxy) is 2. The van der Waals surface area contributed by atoms with E-state index in [-0.39, 0.29) is 0 Å². The molecule has 0 atom stereocenters. The molecule has 0 unspecified atom stereocenters. The Morgan fingerprint density at radius 2 is 1.73 bits per heavy atom. The highest BCUT2D eigenvalue weighted by Crippen LogP contribution is 2.39. The lowest BCUT2D eigenvalue weighted by Crippen LogP contribution is -2.03. The molecule has 0 spiro atoms. The Balaban J connectivity index is 1.77. The van der Waals surface area contributed by atoms with Gasteiger partial charge in [-0.3, -0.25) is 0 Å². The monoisotopic (exact) mass is 287 g/mol. The second-order valence-corrected chi connectivity index (χ2v) is 5.30. The number of fused-ring (bicyclic) bond motifs is 2. The van der Waals surface area contributed by atoms with Crippen LogP contribution in [0.15, 0.2) is 60.7 Å². The fourth-order valence-electron chi connectivity index (χ4n) is 2.83. The molecule has 3 aromatic rings. The zero-order valence-corrected chi connectivity index (χ0v) is 12.3. The number of rotatable bonds is 2. The summed E-state index contributed by atoms with van der Waals surface area (Å²) in [4.78, 5) is 0. The van der Waals surface area contributed by atoms with Crippen molar-refractivity contribution in [2.75, 3.05) is 7.11 Å². The van der Waals surface area contributed by atoms with Crippen molar-refractivity contribution in [2.24, 2.45) is 0 Å². The van der Waals surface area contributed by atoms with Gasteiger partial charge >= 0.3 is 0 Å². The summed E-state index contributed by atoms with van der Waals surface area (Å²) in [7, 11) is 1.69. The van der Waals surface area contributed by atoms with Crippen molar-refractivity contribution in [3.63, 3.8) is 0 Å². The summed E-state index contributed by atoms with van der Waals surface area (Å²) in [6.45, 7) is 0. The van der Waals surface area contributed by atoms with Gasteiger partial charge in [0.15, 0.2) is 0 Å². The first-order valence-corrected chi connectivity index (χ1v) is 7.29. The Hall–Kier alpha value is -2.74. The third kappa shape index (κ3) is 2.13. The van der Waals surface area contributed by atoms with Gasteiger partial charge in [-0.2, -0.15) is 0 Å². The molecule has 0 bridgehead atoms. The largest absolute Gasteiger partial charge is 0.496 e. The fraction of sp³-hybridized carbons (Fsp3) is 0.100. The Kier molecular flexibility index (Phi) is 3.08. The summed E-state index contributed by atoms with van der Waals surface area (Å²) in [6, 6.07) is 23.7. The van der Waals surface area contributed by atoms with Crippen molar-refractivity contribution < 1.29 is 9.47 Å². The summed E-state index contributed by atoms with van der Waals surface area (Å²) >= 11 is 0. The molecule has 0 aromatic heterocycles. The number of methoxy groups -OCH3 is 1. The van der Waals surface area contributed by atoms with E-state index >= 15 is 0 Å². The van der Waals surface area contributed by atoms with Crippen LogP contribution in [0.5, 0.6) is 17.2 Å². The number of hydrogen-bond acceptors (Lipinski definition) is 2. The maximum atomic E-state index is 5.96. The van der Waals surface area contributed by atoms with Crippen molar-refractivity contribution in [3.8, 4) is 28.4 Å². The molecular formula is C20H15O2. The molecule has 0 fully saturated rings. The predicted octanol–water partition coefficient (Wildman–Crippen LogP) is 4.86. The van der Waals surface area contributed by atoms with Crippen LogP contribution in [0.3, 0.4) is 0 Å². The Morgan fingerprint density at radius 3 is 2.64 bits per heavy atom. The van der Waals surface area contributed by atoms with Crippen LogP contribution >= 0.6 is 0 Å². The molecule has 0 amide bonds. The molecule has 1 aliphatic heterocycles. The lowest BCUT2D eigenvalue weighted by atomic mass is 9.96. The normalized spacial score (nSPS) is 12.0. The van der Waals surface area contributed by atoms with Gasteiger partial charge in [0.2, 0.25) is 0 Å². The first-order chi connectivity index (χ1) is 10.8. The van der Waals surface area contributed by atoms with Crippen LogP contribution in [-0.2, 0) is 6.42 Å². The van der Waals surface area contributed by atoms with Gasteiger partial charge in [-0.05, 0) is 41.5 Å². The molecular weight excluding hydrogens is 272 g/mol. The highest BCUT2D eigenvalue weighted by Gasteiger charge is 2.18. The lowest BCUT2D eigenvalue weighted by Gasteiger charge is -2.20. The maximum Gasteiger partial charge on any atom is 0.131 e. The summed E-state index contributed by atoms with van der Waals surface area (Å²) in [5.74, 6) is 2.68. The number of hydrogen-bond donors (Lipinski definition) is 0. The zero-order valence-electron chi connectivity index (χ0n) is 12.3. The van der Waals surface area contributed by atoms with Gasteiger partial charge in [-0.1, -0.05) is 36.4 Å². The molecule has 1 radical (unpaired) electrons. The first-order valence-electron chi connectivity index (χ1n) is 7.29. The highest BCUT2D eigenvalue weighted by molar-refractivity contribution is 5.72. The van der Waals surface area contributed by atoms with Crippen LogP contribution in [0.25, 0.3) is 11.1 Å². The van der Waals surface area contributed by atoms with Crippen LogP contribution in [0, 0.1) is 6.07 Å². The van der Waals surface area contributed by atoms with Gasteiger partial charge in [0.1, 0.15) is 17.2 Å². The Bertz CT molecular complexity index is 837. The van der Waals surface area contributed by atoms with E-state index in [1.165, 1.54) is 5.56 Å². The van der Waals surface area contributed by atoms with Crippen LogP contribution in [-0.4, -0.2) is 7.11 Å². The van der Waals surface area contributed by atoms with Crippen molar-refractivity contribution in [1.29, 1.82) is 0 Å². The number of para-hydroxylation sites is 2. The van der Waals surface area contributed by atoms with Crippen LogP contribution in [0.1, 0.15) is 11.1 Å². The maximum absolute atomic E-state index is 5.96. The topological polar surface area (TPSA) is 18.5 Å². The van der Waals surface area contributed by atoms with Gasteiger partial charge in [0.25, 0.3) is 0 Å². The summed E-state index contributed by atoms with van der Waals surface area (Å²) in [5, 5.41) is 0. The van der Waals surface area contributed by atoms with Crippen LogP contribution < -0.4 is 9.47 Å². The molecule has 4 rings (SSSR count). The van der Waals surface area contributed by atoms with Crippen molar-refractivity contribution in [1.82, 2.24) is 0 Å². The lowest BCUT2D eigenvalue weighted by molar-refractivity contribution is 0.416. The molecule has 0 saturated carbocycles. The van der Waals surface area contributed by atoms with E-state index in [1.807, 2.05) is 48.5 Å². The average Bonchev–Trinajstić information content (AvgIpc) is 2.59. The van der Waals surface area contributed by atoms with Gasteiger partial charge in [0, 0.05) is 17.5 Å². The molecule has 2 nitrogen and oxygen atoms in total. The fourth-order valence-corrected chi connectivity index (χ4v) is 2.83. The summed E-state index contributed by atoms with van der Waals surface area (Å²) < 4.78 is 11.4. The minimum Gasteiger partial charge on any atom is -0.496 e. The van der Waals surface area contributed by atoms with E-state index in [9.17, 15) is 0 Å². The molecule has 2 heteroatoms. The Morgan fingerprint density at radius 1 is 0.909 bits per heavy atom.